The molecule has 0 radical (unpaired) electrons. The topological polar surface area (TPSA) is 63.5 Å². The number of likely N-dealkylation sites (tertiary alicyclic amines) is 1. The Morgan fingerprint density at radius 2 is 1.74 bits per heavy atom. The van der Waals surface area contributed by atoms with Crippen LogP contribution in [0.15, 0.2) is 66.9 Å². The number of nitrogens with zero attached hydrogens (tertiary/aromatic N) is 5. The van der Waals surface area contributed by atoms with E-state index in [0.717, 1.165) is 36.6 Å². The van der Waals surface area contributed by atoms with Gasteiger partial charge in [-0.1, -0.05) is 53.7 Å². The summed E-state index contributed by atoms with van der Waals surface area (Å²) in [5.41, 5.74) is 2.55. The number of para-hydroxylation sites is 1. The van der Waals surface area contributed by atoms with Crippen LogP contribution >= 0.6 is 0 Å². The van der Waals surface area contributed by atoms with Crippen molar-refractivity contribution in [2.24, 2.45) is 0 Å². The summed E-state index contributed by atoms with van der Waals surface area (Å²) in [5.74, 6) is -0.0536. The highest BCUT2D eigenvalue weighted by atomic mass is 16.5. The van der Waals surface area contributed by atoms with Crippen LogP contribution in [0.3, 0.4) is 0 Å². The third-order valence-electron chi connectivity index (χ3n) is 5.67. The van der Waals surface area contributed by atoms with E-state index in [0.29, 0.717) is 13.1 Å². The molecule has 0 bridgehead atoms. The number of amides is 1. The van der Waals surface area contributed by atoms with Gasteiger partial charge in [0.25, 0.3) is 5.91 Å². The smallest absolute Gasteiger partial charge is 0.256 e. The molecule has 1 aliphatic rings. The van der Waals surface area contributed by atoms with Crippen LogP contribution in [0.25, 0.3) is 5.69 Å². The molecule has 31 heavy (non-hydrogen) atoms. The predicted molar refractivity (Wildman–Crippen MR) is 119 cm³/mol. The molecule has 4 rings (SSSR count). The van der Waals surface area contributed by atoms with Gasteiger partial charge in [-0.2, -0.15) is 0 Å². The summed E-state index contributed by atoms with van der Waals surface area (Å²) in [5, 5.41) is 8.56. The first-order valence-corrected chi connectivity index (χ1v) is 10.8. The molecular weight excluding hydrogens is 390 g/mol. The quantitative estimate of drug-likeness (QED) is 0.533. The lowest BCUT2D eigenvalue weighted by Crippen LogP contribution is -2.40. The van der Waals surface area contributed by atoms with E-state index in [-0.39, 0.29) is 5.91 Å². The molecule has 7 nitrogen and oxygen atoms in total. The Morgan fingerprint density at radius 1 is 1.06 bits per heavy atom. The Kier molecular flexibility index (Phi) is 7.07. The van der Waals surface area contributed by atoms with Crippen molar-refractivity contribution in [1.82, 2.24) is 24.8 Å². The lowest BCUT2D eigenvalue weighted by molar-refractivity contribution is -0.143. The average molecular weight is 420 g/mol. The Balaban J connectivity index is 1.52. The molecule has 1 amide bonds. The van der Waals surface area contributed by atoms with Gasteiger partial charge in [0.2, 0.25) is 0 Å². The van der Waals surface area contributed by atoms with Crippen LogP contribution in [0.4, 0.5) is 0 Å². The lowest BCUT2D eigenvalue weighted by Gasteiger charge is -2.28. The van der Waals surface area contributed by atoms with Crippen LogP contribution in [-0.2, 0) is 16.1 Å². The zero-order chi connectivity index (χ0) is 21.5. The van der Waals surface area contributed by atoms with Crippen molar-refractivity contribution < 1.29 is 9.53 Å². The fraction of sp³-hybridized carbons (Fsp3) is 0.375. The van der Waals surface area contributed by atoms with Gasteiger partial charge in [0.15, 0.2) is 6.10 Å². The number of carbonyl (C=O) groups excluding carboxylic acids is 1. The molecule has 0 saturated carbocycles. The Labute approximate surface area is 183 Å². The number of benzene rings is 2. The first kappa shape index (κ1) is 21.2. The molecule has 0 N–H and O–H groups in total. The molecule has 3 aromatic rings. The molecule has 0 aliphatic carbocycles. The van der Waals surface area contributed by atoms with Crippen molar-refractivity contribution in [1.29, 1.82) is 0 Å². The van der Waals surface area contributed by atoms with Gasteiger partial charge < -0.3 is 14.5 Å². The van der Waals surface area contributed by atoms with Gasteiger partial charge in [-0.15, -0.1) is 5.10 Å². The fourth-order valence-corrected chi connectivity index (χ4v) is 3.98. The Morgan fingerprint density at radius 3 is 2.42 bits per heavy atom. The van der Waals surface area contributed by atoms with Crippen LogP contribution < -0.4 is 0 Å². The van der Waals surface area contributed by atoms with Crippen molar-refractivity contribution in [2.75, 3.05) is 33.3 Å². The second-order valence-corrected chi connectivity index (χ2v) is 7.82. The van der Waals surface area contributed by atoms with Crippen LogP contribution in [-0.4, -0.2) is 64.0 Å². The minimum absolute atomic E-state index is 0.0536. The monoisotopic (exact) mass is 419 g/mol. The maximum Gasteiger partial charge on any atom is 0.256 e. The average Bonchev–Trinajstić information content (AvgIpc) is 3.51. The van der Waals surface area contributed by atoms with E-state index in [2.05, 4.69) is 15.2 Å². The van der Waals surface area contributed by atoms with Gasteiger partial charge >= 0.3 is 0 Å². The van der Waals surface area contributed by atoms with Crippen molar-refractivity contribution in [3.8, 4) is 5.69 Å². The molecule has 1 aromatic heterocycles. The van der Waals surface area contributed by atoms with Gasteiger partial charge in [0.05, 0.1) is 18.4 Å². The van der Waals surface area contributed by atoms with Gasteiger partial charge in [-0.25, -0.2) is 4.68 Å². The van der Waals surface area contributed by atoms with E-state index in [4.69, 9.17) is 4.74 Å². The molecule has 0 unspecified atom stereocenters. The molecular formula is C24H29N5O2. The van der Waals surface area contributed by atoms with E-state index in [9.17, 15) is 4.79 Å². The fourth-order valence-electron chi connectivity index (χ4n) is 3.98. The summed E-state index contributed by atoms with van der Waals surface area (Å²) in [6, 6.07) is 19.5. The van der Waals surface area contributed by atoms with Gasteiger partial charge in [-0.05, 0) is 43.6 Å². The summed E-state index contributed by atoms with van der Waals surface area (Å²) < 4.78 is 7.36. The summed E-state index contributed by atoms with van der Waals surface area (Å²) >= 11 is 0. The summed E-state index contributed by atoms with van der Waals surface area (Å²) in [4.78, 5) is 17.7. The first-order chi connectivity index (χ1) is 15.2. The zero-order valence-corrected chi connectivity index (χ0v) is 17.9. The van der Waals surface area contributed by atoms with Crippen LogP contribution in [0.2, 0.25) is 0 Å². The number of methoxy groups -OCH3 is 1. The highest BCUT2D eigenvalue weighted by Crippen LogP contribution is 2.21. The second-order valence-electron chi connectivity index (χ2n) is 7.82. The Hall–Kier alpha value is -3.03. The normalized spacial score (nSPS) is 15.1. The Bertz CT molecular complexity index is 954. The summed E-state index contributed by atoms with van der Waals surface area (Å²) in [6.07, 6.45) is 3.70. The molecule has 1 atom stereocenters. The third-order valence-corrected chi connectivity index (χ3v) is 5.67. The van der Waals surface area contributed by atoms with Gasteiger partial charge in [0.1, 0.15) is 5.69 Å². The zero-order valence-electron chi connectivity index (χ0n) is 17.9. The molecule has 1 aliphatic heterocycles. The molecule has 1 saturated heterocycles. The third kappa shape index (κ3) is 5.37. The van der Waals surface area contributed by atoms with E-state index in [1.54, 1.807) is 11.8 Å². The van der Waals surface area contributed by atoms with Crippen LogP contribution in [0.5, 0.6) is 0 Å². The molecule has 2 heterocycles. The van der Waals surface area contributed by atoms with E-state index in [1.807, 2.05) is 71.8 Å². The maximum atomic E-state index is 13.5. The molecule has 7 heteroatoms. The van der Waals surface area contributed by atoms with Gasteiger partial charge in [-0.3, -0.25) is 4.79 Å². The predicted octanol–water partition coefficient (Wildman–Crippen LogP) is 3.08. The standard InChI is InChI=1S/C24H29N5O2/c1-31-23(20-10-4-2-5-11-20)24(30)28(17-16-27-14-8-9-15-27)18-21-19-29(26-25-21)22-12-6-3-7-13-22/h2-7,10-13,19,23H,8-9,14-18H2,1H3/t23-/m1/s1. The van der Waals surface area contributed by atoms with Crippen LogP contribution in [0, 0.1) is 0 Å². The first-order valence-electron chi connectivity index (χ1n) is 10.8. The molecule has 2 aromatic carbocycles. The van der Waals surface area contributed by atoms with Crippen molar-refractivity contribution in [3.63, 3.8) is 0 Å². The van der Waals surface area contributed by atoms with E-state index in [1.165, 1.54) is 12.8 Å². The van der Waals surface area contributed by atoms with Gasteiger partial charge in [0, 0.05) is 20.2 Å². The number of aromatic nitrogens is 3. The number of hydrogen-bond acceptors (Lipinski definition) is 5. The second kappa shape index (κ2) is 10.3. The molecule has 0 spiro atoms. The molecule has 162 valence electrons. The number of rotatable bonds is 9. The molecule has 1 fully saturated rings. The minimum Gasteiger partial charge on any atom is -0.367 e. The van der Waals surface area contributed by atoms with Crippen molar-refractivity contribution >= 4 is 5.91 Å². The number of hydrogen-bond donors (Lipinski definition) is 0. The van der Waals surface area contributed by atoms with Crippen molar-refractivity contribution in [2.45, 2.75) is 25.5 Å². The lowest BCUT2D eigenvalue weighted by atomic mass is 10.1. The number of ether oxygens (including phenoxy) is 1. The van der Waals surface area contributed by atoms with E-state index >= 15 is 0 Å². The maximum absolute atomic E-state index is 13.5. The summed E-state index contributed by atoms with van der Waals surface area (Å²) in [7, 11) is 1.58. The van der Waals surface area contributed by atoms with Crippen LogP contribution in [0.1, 0.15) is 30.2 Å². The SMILES string of the molecule is CO[C@@H](C(=O)N(CCN1CCCC1)Cc1cn(-c2ccccc2)nn1)c1ccccc1. The highest BCUT2D eigenvalue weighted by Gasteiger charge is 2.27. The summed E-state index contributed by atoms with van der Waals surface area (Å²) in [6.45, 7) is 4.07. The highest BCUT2D eigenvalue weighted by molar-refractivity contribution is 5.82. The largest absolute Gasteiger partial charge is 0.367 e. The number of carbonyl (C=O) groups is 1. The van der Waals surface area contributed by atoms with E-state index < -0.39 is 6.10 Å². The van der Waals surface area contributed by atoms with Crippen molar-refractivity contribution in [3.05, 3.63) is 78.1 Å². The minimum atomic E-state index is -0.635.